The molecule has 2 unspecified atom stereocenters. The van der Waals surface area contributed by atoms with Crippen LogP contribution in [0.1, 0.15) is 91.1 Å². The third-order valence-corrected chi connectivity index (χ3v) is 7.14. The molecule has 0 aliphatic carbocycles. The highest BCUT2D eigenvalue weighted by atomic mass is 32.1. The first kappa shape index (κ1) is 35.1. The van der Waals surface area contributed by atoms with Crippen LogP contribution in [0.4, 0.5) is 8.78 Å². The van der Waals surface area contributed by atoms with Crippen LogP contribution in [0.25, 0.3) is 10.2 Å². The predicted molar refractivity (Wildman–Crippen MR) is 159 cm³/mol. The minimum atomic E-state index is -0.917. The van der Waals surface area contributed by atoms with Crippen LogP contribution in [0.3, 0.4) is 0 Å². The Balaban J connectivity index is 0.000000311. The van der Waals surface area contributed by atoms with E-state index in [1.807, 2.05) is 26.0 Å². The summed E-state index contributed by atoms with van der Waals surface area (Å²) in [5.74, 6) is -0.134. The highest BCUT2D eigenvalue weighted by Gasteiger charge is 2.18. The van der Waals surface area contributed by atoms with Gasteiger partial charge in [0.15, 0.2) is 5.78 Å². The number of primary amides is 1. The van der Waals surface area contributed by atoms with Crippen molar-refractivity contribution in [2.75, 3.05) is 20.8 Å². The van der Waals surface area contributed by atoms with Gasteiger partial charge in [0.25, 0.3) is 5.91 Å². The number of thiazole rings is 1. The number of nitrogens with zero attached hydrogens (tertiary/aromatic N) is 1. The maximum atomic E-state index is 12.8. The Labute approximate surface area is 241 Å². The minimum absolute atomic E-state index is 0.138. The van der Waals surface area contributed by atoms with E-state index in [1.165, 1.54) is 26.2 Å². The molecule has 0 fully saturated rings. The molecule has 1 heterocycles. The number of ketones is 1. The summed E-state index contributed by atoms with van der Waals surface area (Å²) < 4.78 is 36.6. The van der Waals surface area contributed by atoms with E-state index >= 15 is 0 Å². The van der Waals surface area contributed by atoms with Crippen molar-refractivity contribution in [2.45, 2.75) is 73.6 Å². The zero-order chi connectivity index (χ0) is 30.4. The number of rotatable bonds is 11. The summed E-state index contributed by atoms with van der Waals surface area (Å²) in [5.41, 5.74) is 6.39. The van der Waals surface area contributed by atoms with Crippen molar-refractivity contribution in [2.24, 2.45) is 17.6 Å². The number of hydrogen-bond donors (Lipinski definition) is 1. The molecule has 1 aromatic heterocycles. The molecule has 0 aliphatic heterocycles. The molecule has 0 spiro atoms. The Kier molecular flexibility index (Phi) is 15.5. The average molecular weight is 579 g/mol. The molecule has 0 aliphatic rings. The summed E-state index contributed by atoms with van der Waals surface area (Å²) in [6.45, 7) is 13.1. The number of carbonyl (C=O) groups excluding carboxylic acids is 2. The number of ether oxygens (including phenoxy) is 2. The fraction of sp³-hybridized carbons (Fsp3) is 0.516. The average Bonchev–Trinajstić information content (AvgIpc) is 3.23. The molecule has 0 bridgehead atoms. The molecule has 2 aromatic carbocycles. The van der Waals surface area contributed by atoms with Crippen LogP contribution < -0.4 is 10.5 Å². The second-order valence-corrected chi connectivity index (χ2v) is 11.2. The van der Waals surface area contributed by atoms with Gasteiger partial charge in [-0.15, -0.1) is 11.3 Å². The lowest BCUT2D eigenvalue weighted by atomic mass is 9.94. The zero-order valence-electron chi connectivity index (χ0n) is 25.0. The lowest BCUT2D eigenvalue weighted by molar-refractivity contribution is 0.0976. The van der Waals surface area contributed by atoms with Crippen molar-refractivity contribution in [3.63, 3.8) is 0 Å². The highest BCUT2D eigenvalue weighted by molar-refractivity contribution is 7.19. The van der Waals surface area contributed by atoms with E-state index in [1.54, 1.807) is 25.6 Å². The molecule has 40 heavy (non-hydrogen) atoms. The maximum Gasteiger partial charge on any atom is 0.251 e. The van der Waals surface area contributed by atoms with E-state index < -0.39 is 17.5 Å². The van der Waals surface area contributed by atoms with Crippen molar-refractivity contribution in [1.29, 1.82) is 0 Å². The van der Waals surface area contributed by atoms with E-state index in [2.05, 4.69) is 25.8 Å². The topological polar surface area (TPSA) is 91.5 Å². The molecule has 0 saturated carbocycles. The predicted octanol–water partition coefficient (Wildman–Crippen LogP) is 8.06. The standard InChI is InChI=1S/C13H15NO2S.C10H22O.C8H7F2NO/c1-4-5-10(15)12-11(16-3)7-6-9-13(12)17-8(2)14-9;1-5-6-9(2)7-10(3)8-11-4;1-4-2-5(9)3-6(10)7(4)8(11)12/h6-7H,4-5H2,1-3H3;9-10H,5-8H2,1-4H3;2-3H,1H3,(H2,11,12). The molecule has 2 atom stereocenters. The quantitative estimate of drug-likeness (QED) is 0.232. The Morgan fingerprint density at radius 3 is 2.23 bits per heavy atom. The van der Waals surface area contributed by atoms with Crippen LogP contribution in [0, 0.1) is 37.3 Å². The summed E-state index contributed by atoms with van der Waals surface area (Å²) in [4.78, 5) is 27.2. The van der Waals surface area contributed by atoms with Gasteiger partial charge >= 0.3 is 0 Å². The van der Waals surface area contributed by atoms with Crippen LogP contribution in [0.5, 0.6) is 5.75 Å². The van der Waals surface area contributed by atoms with Crippen LogP contribution in [0.15, 0.2) is 24.3 Å². The van der Waals surface area contributed by atoms with Crippen molar-refractivity contribution < 1.29 is 27.8 Å². The first-order valence-electron chi connectivity index (χ1n) is 13.6. The van der Waals surface area contributed by atoms with Gasteiger partial charge in [-0.3, -0.25) is 9.59 Å². The summed E-state index contributed by atoms with van der Waals surface area (Å²) in [7, 11) is 3.37. The van der Waals surface area contributed by atoms with E-state index in [9.17, 15) is 18.4 Å². The Bertz CT molecular complexity index is 1210. The number of Topliss-reactive ketones (excluding diaryl/α,β-unsaturated/α-hetero) is 1. The Morgan fingerprint density at radius 1 is 1.02 bits per heavy atom. The van der Waals surface area contributed by atoms with Crippen molar-refractivity contribution in [1.82, 2.24) is 4.98 Å². The van der Waals surface area contributed by atoms with E-state index in [0.29, 0.717) is 23.8 Å². The number of hydrogen-bond acceptors (Lipinski definition) is 6. The first-order valence-corrected chi connectivity index (χ1v) is 14.4. The second kappa shape index (κ2) is 17.7. The molecular weight excluding hydrogens is 534 g/mol. The number of fused-ring (bicyclic) bond motifs is 1. The Hall–Kier alpha value is -2.91. The highest BCUT2D eigenvalue weighted by Crippen LogP contribution is 2.33. The number of amides is 1. The monoisotopic (exact) mass is 578 g/mol. The van der Waals surface area contributed by atoms with Crippen LogP contribution in [-0.4, -0.2) is 37.5 Å². The zero-order valence-corrected chi connectivity index (χ0v) is 25.8. The second-order valence-electron chi connectivity index (χ2n) is 10.0. The number of carbonyl (C=O) groups is 2. The largest absolute Gasteiger partial charge is 0.496 e. The Morgan fingerprint density at radius 2 is 1.70 bits per heavy atom. The van der Waals surface area contributed by atoms with Gasteiger partial charge in [0.1, 0.15) is 17.4 Å². The summed E-state index contributed by atoms with van der Waals surface area (Å²) in [6, 6.07) is 5.42. The summed E-state index contributed by atoms with van der Waals surface area (Å²) in [5, 5.41) is 0.971. The van der Waals surface area contributed by atoms with E-state index in [-0.39, 0.29) is 16.9 Å². The number of aryl methyl sites for hydroxylation is 2. The van der Waals surface area contributed by atoms with Crippen molar-refractivity contribution >= 4 is 33.2 Å². The van der Waals surface area contributed by atoms with Crippen LogP contribution in [-0.2, 0) is 4.74 Å². The SMILES string of the molecule is CCCC(=O)c1c(OC)ccc2nc(C)sc12.CCCC(C)CC(C)COC.Cc1cc(F)cc(F)c1C(N)=O. The third kappa shape index (κ3) is 10.9. The van der Waals surface area contributed by atoms with Crippen LogP contribution in [0.2, 0.25) is 0 Å². The fourth-order valence-electron chi connectivity index (χ4n) is 4.54. The molecule has 222 valence electrons. The minimum Gasteiger partial charge on any atom is -0.496 e. The number of aromatic nitrogens is 1. The number of methoxy groups -OCH3 is 2. The number of halogens is 2. The number of nitrogens with two attached hydrogens (primary N) is 1. The molecule has 1 amide bonds. The lowest BCUT2D eigenvalue weighted by Gasteiger charge is -2.15. The molecule has 3 aromatic rings. The normalized spacial score (nSPS) is 12.1. The van der Waals surface area contributed by atoms with Crippen LogP contribution >= 0.6 is 11.3 Å². The molecular formula is C31H44F2N2O4S. The van der Waals surface area contributed by atoms with Gasteiger partial charge < -0.3 is 15.2 Å². The third-order valence-electron chi connectivity index (χ3n) is 6.14. The van der Waals surface area contributed by atoms with Gasteiger partial charge in [-0.05, 0) is 62.3 Å². The van der Waals surface area contributed by atoms with Gasteiger partial charge in [0.2, 0.25) is 0 Å². The molecule has 2 N–H and O–H groups in total. The van der Waals surface area contributed by atoms with Gasteiger partial charge in [0.05, 0.1) is 33.5 Å². The molecule has 3 rings (SSSR count). The maximum absolute atomic E-state index is 12.8. The number of benzene rings is 2. The van der Waals surface area contributed by atoms with Gasteiger partial charge in [-0.25, -0.2) is 13.8 Å². The van der Waals surface area contributed by atoms with Crippen molar-refractivity contribution in [3.8, 4) is 5.75 Å². The van der Waals surface area contributed by atoms with Gasteiger partial charge in [-0.1, -0.05) is 40.5 Å². The van der Waals surface area contributed by atoms with E-state index in [0.717, 1.165) is 46.2 Å². The summed E-state index contributed by atoms with van der Waals surface area (Å²) >= 11 is 1.55. The first-order chi connectivity index (χ1) is 18.9. The smallest absolute Gasteiger partial charge is 0.251 e. The van der Waals surface area contributed by atoms with Gasteiger partial charge in [0, 0.05) is 26.2 Å². The molecule has 9 heteroatoms. The lowest BCUT2D eigenvalue weighted by Crippen LogP contribution is -2.15. The summed E-state index contributed by atoms with van der Waals surface area (Å²) in [6.07, 6.45) is 5.36. The van der Waals surface area contributed by atoms with Gasteiger partial charge in [-0.2, -0.15) is 0 Å². The van der Waals surface area contributed by atoms with Crippen molar-refractivity contribution in [3.05, 3.63) is 57.6 Å². The molecule has 6 nitrogen and oxygen atoms in total. The molecule has 0 saturated heterocycles. The molecule has 0 radical (unpaired) electrons. The fourth-order valence-corrected chi connectivity index (χ4v) is 5.51. The van der Waals surface area contributed by atoms with E-state index in [4.69, 9.17) is 15.2 Å².